The summed E-state index contributed by atoms with van der Waals surface area (Å²) < 4.78 is 35.0. The summed E-state index contributed by atoms with van der Waals surface area (Å²) in [7, 11) is 5.18. The Morgan fingerprint density at radius 3 is 2.80 bits per heavy atom. The van der Waals surface area contributed by atoms with Crippen molar-refractivity contribution in [2.24, 2.45) is 4.99 Å². The number of rotatable bonds is 8. The first-order valence-corrected chi connectivity index (χ1v) is 11.0. The first-order chi connectivity index (χ1) is 16.7. The van der Waals surface area contributed by atoms with E-state index in [0.29, 0.717) is 17.0 Å². The van der Waals surface area contributed by atoms with Crippen LogP contribution in [-0.2, 0) is 34.0 Å². The summed E-state index contributed by atoms with van der Waals surface area (Å²) in [6, 6.07) is 5.74. The Labute approximate surface area is 202 Å². The molecule has 0 aromatic carbocycles. The third kappa shape index (κ3) is 4.78. The number of carbonyl (C=O) groups is 1. The predicted molar refractivity (Wildman–Crippen MR) is 120 cm³/mol. The quantitative estimate of drug-likeness (QED) is 0.230. The standard InChI is InChI=1S/C22H28N6O7/c1-21(2)34-17-15(10-32-20(29)31-9-8-30-5)33-22(11-23,18(17)35-21)16-7-6-14-19(25-13-27(3)4)24-12-26-28(14)16/h6-7,12-13,15,17-18H,8-10H2,1-5H3/b25-13-/t15-,17-,18-,22+/m1/s1. The topological polar surface area (TPSA) is 142 Å². The van der Waals surface area contributed by atoms with Crippen LogP contribution in [-0.4, -0.2) is 97.1 Å². The lowest BCUT2D eigenvalue weighted by Crippen LogP contribution is -2.40. The van der Waals surface area contributed by atoms with Crippen LogP contribution >= 0.6 is 0 Å². The Kier molecular flexibility index (Phi) is 6.91. The van der Waals surface area contributed by atoms with Gasteiger partial charge in [0.15, 0.2) is 11.6 Å². The molecule has 13 nitrogen and oxygen atoms in total. The van der Waals surface area contributed by atoms with E-state index in [0.717, 1.165) is 0 Å². The number of hydrogen-bond acceptors (Lipinski definition) is 11. The molecule has 35 heavy (non-hydrogen) atoms. The van der Waals surface area contributed by atoms with Gasteiger partial charge in [0.05, 0.1) is 18.6 Å². The van der Waals surface area contributed by atoms with Crippen LogP contribution in [0.15, 0.2) is 23.5 Å². The second-order valence-corrected chi connectivity index (χ2v) is 8.73. The Hall–Kier alpha value is -3.31. The zero-order valence-electron chi connectivity index (χ0n) is 20.2. The first kappa shape index (κ1) is 24.8. The fourth-order valence-corrected chi connectivity index (χ4v) is 4.10. The van der Waals surface area contributed by atoms with Gasteiger partial charge in [0.1, 0.15) is 49.4 Å². The number of methoxy groups -OCH3 is 1. The van der Waals surface area contributed by atoms with Crippen molar-refractivity contribution in [3.63, 3.8) is 0 Å². The maximum Gasteiger partial charge on any atom is 0.508 e. The summed E-state index contributed by atoms with van der Waals surface area (Å²) in [5.41, 5.74) is -0.606. The van der Waals surface area contributed by atoms with E-state index in [1.807, 2.05) is 14.1 Å². The van der Waals surface area contributed by atoms with E-state index in [2.05, 4.69) is 21.1 Å². The van der Waals surface area contributed by atoms with Crippen molar-refractivity contribution in [2.45, 2.75) is 43.5 Å². The summed E-state index contributed by atoms with van der Waals surface area (Å²) in [6.45, 7) is 3.59. The molecule has 188 valence electrons. The zero-order chi connectivity index (χ0) is 25.2. The largest absolute Gasteiger partial charge is 0.508 e. The molecule has 4 heterocycles. The molecule has 2 aliphatic heterocycles. The summed E-state index contributed by atoms with van der Waals surface area (Å²) in [5.74, 6) is -0.563. The lowest BCUT2D eigenvalue weighted by atomic mass is 9.92. The molecule has 4 rings (SSSR count). The molecule has 4 atom stereocenters. The van der Waals surface area contributed by atoms with E-state index >= 15 is 0 Å². The molecule has 0 saturated carbocycles. The van der Waals surface area contributed by atoms with Crippen LogP contribution in [0.5, 0.6) is 0 Å². The van der Waals surface area contributed by atoms with Crippen molar-refractivity contribution < 1.29 is 33.2 Å². The van der Waals surface area contributed by atoms with Crippen LogP contribution in [0.2, 0.25) is 0 Å². The number of nitrogens with zero attached hydrogens (tertiary/aromatic N) is 6. The number of aliphatic imine (C=N–C) groups is 1. The molecule has 2 saturated heterocycles. The van der Waals surface area contributed by atoms with Crippen molar-refractivity contribution in [2.75, 3.05) is 41.0 Å². The van der Waals surface area contributed by atoms with Crippen LogP contribution in [0.4, 0.5) is 10.6 Å². The SMILES string of the molecule is COCCOC(=O)OC[C@H]1O[C@@](C#N)(c2ccc3c(/N=C\N(C)C)ncnn23)[C@@H]2OC(C)(C)O[C@@H]21. The van der Waals surface area contributed by atoms with E-state index in [4.69, 9.17) is 28.4 Å². The van der Waals surface area contributed by atoms with Gasteiger partial charge in [-0.05, 0) is 26.0 Å². The smallest absolute Gasteiger partial charge is 0.432 e. The highest BCUT2D eigenvalue weighted by atomic mass is 16.8. The van der Waals surface area contributed by atoms with Crippen molar-refractivity contribution in [1.82, 2.24) is 19.5 Å². The molecule has 0 amide bonds. The number of nitriles is 1. The van der Waals surface area contributed by atoms with Gasteiger partial charge in [-0.1, -0.05) is 0 Å². The van der Waals surface area contributed by atoms with E-state index in [1.165, 1.54) is 13.4 Å². The van der Waals surface area contributed by atoms with Crippen LogP contribution < -0.4 is 0 Å². The summed E-state index contributed by atoms with van der Waals surface area (Å²) in [5, 5.41) is 14.7. The molecule has 0 N–H and O–H groups in total. The van der Waals surface area contributed by atoms with Crippen molar-refractivity contribution in [1.29, 1.82) is 5.26 Å². The van der Waals surface area contributed by atoms with Gasteiger partial charge in [-0.15, -0.1) is 0 Å². The van der Waals surface area contributed by atoms with Gasteiger partial charge in [-0.25, -0.2) is 19.3 Å². The Morgan fingerprint density at radius 1 is 1.29 bits per heavy atom. The molecule has 0 unspecified atom stereocenters. The molecular weight excluding hydrogens is 460 g/mol. The van der Waals surface area contributed by atoms with Gasteiger partial charge < -0.3 is 33.3 Å². The second-order valence-electron chi connectivity index (χ2n) is 8.73. The Bertz CT molecular complexity index is 1140. The lowest BCUT2D eigenvalue weighted by molar-refractivity contribution is -0.205. The van der Waals surface area contributed by atoms with Crippen LogP contribution in [0.3, 0.4) is 0 Å². The lowest BCUT2D eigenvalue weighted by Gasteiger charge is -2.28. The normalized spacial score (nSPS) is 27.1. The second kappa shape index (κ2) is 9.74. The molecule has 0 bridgehead atoms. The van der Waals surface area contributed by atoms with Crippen LogP contribution in [0, 0.1) is 11.3 Å². The number of ether oxygens (including phenoxy) is 6. The van der Waals surface area contributed by atoms with Crippen LogP contribution in [0.1, 0.15) is 19.5 Å². The zero-order valence-corrected chi connectivity index (χ0v) is 20.2. The minimum absolute atomic E-state index is 0.0518. The van der Waals surface area contributed by atoms with E-state index in [-0.39, 0.29) is 19.8 Å². The third-order valence-corrected chi connectivity index (χ3v) is 5.50. The third-order valence-electron chi connectivity index (χ3n) is 5.50. The van der Waals surface area contributed by atoms with E-state index in [9.17, 15) is 10.1 Å². The van der Waals surface area contributed by atoms with Gasteiger partial charge in [0.2, 0.25) is 5.60 Å². The minimum atomic E-state index is -1.60. The average Bonchev–Trinajstić information content (AvgIpc) is 3.47. The van der Waals surface area contributed by atoms with Gasteiger partial charge in [0.25, 0.3) is 0 Å². The monoisotopic (exact) mass is 488 g/mol. The molecule has 0 radical (unpaired) electrons. The number of carbonyl (C=O) groups excluding carboxylic acids is 1. The maximum atomic E-state index is 11.9. The summed E-state index contributed by atoms with van der Waals surface area (Å²) >= 11 is 0. The van der Waals surface area contributed by atoms with E-state index < -0.39 is 35.9 Å². The molecular formula is C22H28N6O7. The van der Waals surface area contributed by atoms with Crippen LogP contribution in [0.25, 0.3) is 5.52 Å². The molecule has 2 aromatic rings. The Balaban J connectivity index is 1.66. The van der Waals surface area contributed by atoms with E-state index in [1.54, 1.807) is 41.7 Å². The van der Waals surface area contributed by atoms with Crippen molar-refractivity contribution >= 4 is 23.8 Å². The molecule has 2 aromatic heterocycles. The fraction of sp³-hybridized carbons (Fsp3) is 0.591. The van der Waals surface area contributed by atoms with Gasteiger partial charge in [0, 0.05) is 21.2 Å². The van der Waals surface area contributed by atoms with Crippen molar-refractivity contribution in [3.05, 3.63) is 24.2 Å². The molecule has 13 heteroatoms. The van der Waals surface area contributed by atoms with Gasteiger partial charge in [-0.2, -0.15) is 10.4 Å². The number of aromatic nitrogens is 3. The van der Waals surface area contributed by atoms with Gasteiger partial charge >= 0.3 is 6.16 Å². The highest BCUT2D eigenvalue weighted by molar-refractivity contribution is 5.71. The highest BCUT2D eigenvalue weighted by Gasteiger charge is 2.65. The molecule has 2 aliphatic rings. The fourth-order valence-electron chi connectivity index (χ4n) is 4.10. The maximum absolute atomic E-state index is 11.9. The summed E-state index contributed by atoms with van der Waals surface area (Å²) in [4.78, 5) is 22.3. The predicted octanol–water partition coefficient (Wildman–Crippen LogP) is 1.39. The molecule has 0 spiro atoms. The number of hydrogen-bond donors (Lipinski definition) is 0. The number of fused-ring (bicyclic) bond motifs is 2. The summed E-state index contributed by atoms with van der Waals surface area (Å²) in [6.07, 6.45) is -0.207. The molecule has 0 aliphatic carbocycles. The van der Waals surface area contributed by atoms with Crippen molar-refractivity contribution in [3.8, 4) is 6.07 Å². The molecule has 2 fully saturated rings. The minimum Gasteiger partial charge on any atom is -0.432 e. The average molecular weight is 489 g/mol. The van der Waals surface area contributed by atoms with Gasteiger partial charge in [-0.3, -0.25) is 0 Å². The highest BCUT2D eigenvalue weighted by Crippen LogP contribution is 2.49. The first-order valence-electron chi connectivity index (χ1n) is 11.0. The Morgan fingerprint density at radius 2 is 2.09 bits per heavy atom.